The third kappa shape index (κ3) is 2.00. The number of likely N-dealkylation sites (N-methyl/N-ethyl adjacent to an activating group) is 1. The summed E-state index contributed by atoms with van der Waals surface area (Å²) < 4.78 is 5.72. The molecule has 0 saturated carbocycles. The molecule has 1 heterocycles. The molecule has 1 aromatic carbocycles. The Morgan fingerprint density at radius 1 is 1.41 bits per heavy atom. The molecule has 0 aromatic heterocycles. The molecule has 4 nitrogen and oxygen atoms in total. The quantitative estimate of drug-likeness (QED) is 0.865. The number of ether oxygens (including phenoxy) is 1. The minimum absolute atomic E-state index is 0.0444. The van der Waals surface area contributed by atoms with Gasteiger partial charge in [-0.15, -0.1) is 0 Å². The number of nitrogens with two attached hydrogens (primary N) is 1. The van der Waals surface area contributed by atoms with Crippen LogP contribution >= 0.6 is 0 Å². The van der Waals surface area contributed by atoms with Crippen LogP contribution in [0.3, 0.4) is 0 Å². The van der Waals surface area contributed by atoms with E-state index in [4.69, 9.17) is 10.5 Å². The molecule has 0 aliphatic carbocycles. The van der Waals surface area contributed by atoms with E-state index in [-0.39, 0.29) is 12.0 Å². The summed E-state index contributed by atoms with van der Waals surface area (Å²) in [5, 5.41) is 0. The molecule has 1 aromatic rings. The van der Waals surface area contributed by atoms with Crippen molar-refractivity contribution in [2.24, 2.45) is 5.73 Å². The number of benzene rings is 1. The molecule has 2 rings (SSSR count). The molecule has 1 aliphatic rings. The summed E-state index contributed by atoms with van der Waals surface area (Å²) in [7, 11) is 0. The number of carbonyl (C=O) groups is 1. The van der Waals surface area contributed by atoms with Crippen molar-refractivity contribution in [2.45, 2.75) is 32.9 Å². The van der Waals surface area contributed by atoms with Gasteiger partial charge in [-0.05, 0) is 31.0 Å². The van der Waals surface area contributed by atoms with E-state index in [0.717, 1.165) is 17.0 Å². The zero-order valence-electron chi connectivity index (χ0n) is 10.3. The van der Waals surface area contributed by atoms with Crippen LogP contribution in [-0.2, 0) is 11.3 Å². The average Bonchev–Trinajstić information content (AvgIpc) is 2.37. The molecule has 17 heavy (non-hydrogen) atoms. The number of amides is 1. The summed E-state index contributed by atoms with van der Waals surface area (Å²) in [6.07, 6.45) is 0.317. The zero-order valence-corrected chi connectivity index (χ0v) is 10.3. The predicted molar refractivity (Wildman–Crippen MR) is 67.1 cm³/mol. The normalized spacial score (nSPS) is 18.9. The highest BCUT2D eigenvalue weighted by atomic mass is 16.5. The Labute approximate surface area is 101 Å². The Balaban J connectivity index is 2.44. The van der Waals surface area contributed by atoms with E-state index in [2.05, 4.69) is 0 Å². The van der Waals surface area contributed by atoms with Crippen molar-refractivity contribution < 1.29 is 9.53 Å². The smallest absolute Gasteiger partial charge is 0.268 e. The van der Waals surface area contributed by atoms with Crippen molar-refractivity contribution in [3.05, 3.63) is 23.8 Å². The number of carbonyl (C=O) groups excluding carboxylic acids is 1. The summed E-state index contributed by atoms with van der Waals surface area (Å²) in [6, 6.07) is 5.77. The van der Waals surface area contributed by atoms with E-state index in [1.165, 1.54) is 0 Å². The van der Waals surface area contributed by atoms with E-state index in [1.807, 2.05) is 32.0 Å². The van der Waals surface area contributed by atoms with E-state index in [1.54, 1.807) is 4.90 Å². The van der Waals surface area contributed by atoms with Gasteiger partial charge in [-0.1, -0.05) is 13.0 Å². The summed E-state index contributed by atoms with van der Waals surface area (Å²) in [5.74, 6) is 0.809. The molecule has 92 valence electrons. The highest BCUT2D eigenvalue weighted by Gasteiger charge is 2.32. The second-order valence-corrected chi connectivity index (χ2v) is 4.10. The third-order valence-electron chi connectivity index (χ3n) is 3.05. The second kappa shape index (κ2) is 4.75. The van der Waals surface area contributed by atoms with Crippen molar-refractivity contribution in [3.63, 3.8) is 0 Å². The monoisotopic (exact) mass is 234 g/mol. The molecule has 0 bridgehead atoms. The van der Waals surface area contributed by atoms with Gasteiger partial charge in [0.25, 0.3) is 5.91 Å². The van der Waals surface area contributed by atoms with Gasteiger partial charge in [0.1, 0.15) is 5.75 Å². The lowest BCUT2D eigenvalue weighted by molar-refractivity contribution is -0.126. The Bertz CT molecular complexity index is 431. The number of anilines is 1. The van der Waals surface area contributed by atoms with E-state index >= 15 is 0 Å². The third-order valence-corrected chi connectivity index (χ3v) is 3.05. The fourth-order valence-corrected chi connectivity index (χ4v) is 2.08. The molecule has 0 radical (unpaired) electrons. The largest absolute Gasteiger partial charge is 0.478 e. The lowest BCUT2D eigenvalue weighted by Crippen LogP contribution is -2.45. The van der Waals surface area contributed by atoms with Gasteiger partial charge in [0.05, 0.1) is 5.69 Å². The van der Waals surface area contributed by atoms with Crippen molar-refractivity contribution in [2.75, 3.05) is 11.4 Å². The maximum absolute atomic E-state index is 12.1. The first-order valence-electron chi connectivity index (χ1n) is 6.02. The van der Waals surface area contributed by atoms with Gasteiger partial charge in [-0.3, -0.25) is 4.79 Å². The van der Waals surface area contributed by atoms with Crippen LogP contribution in [0.2, 0.25) is 0 Å². The summed E-state index contributed by atoms with van der Waals surface area (Å²) in [6.45, 7) is 5.06. The first-order chi connectivity index (χ1) is 8.21. The van der Waals surface area contributed by atoms with Gasteiger partial charge in [-0.25, -0.2) is 0 Å². The molecule has 0 spiro atoms. The topological polar surface area (TPSA) is 55.6 Å². The fraction of sp³-hybridized carbons (Fsp3) is 0.462. The van der Waals surface area contributed by atoms with E-state index < -0.39 is 0 Å². The fourth-order valence-electron chi connectivity index (χ4n) is 2.08. The summed E-state index contributed by atoms with van der Waals surface area (Å²) >= 11 is 0. The Hall–Kier alpha value is -1.55. The highest BCUT2D eigenvalue weighted by molar-refractivity contribution is 5.99. The first-order valence-corrected chi connectivity index (χ1v) is 6.02. The van der Waals surface area contributed by atoms with Crippen LogP contribution in [0, 0.1) is 0 Å². The molecule has 1 atom stereocenters. The second-order valence-electron chi connectivity index (χ2n) is 4.10. The van der Waals surface area contributed by atoms with Crippen LogP contribution in [0.5, 0.6) is 5.75 Å². The van der Waals surface area contributed by atoms with Gasteiger partial charge in [0.2, 0.25) is 0 Å². The van der Waals surface area contributed by atoms with Gasteiger partial charge in [0, 0.05) is 13.1 Å². The van der Waals surface area contributed by atoms with Crippen molar-refractivity contribution >= 4 is 11.6 Å². The number of rotatable bonds is 3. The molecular weight excluding hydrogens is 216 g/mol. The molecular formula is C13H18N2O2. The van der Waals surface area contributed by atoms with E-state index in [0.29, 0.717) is 19.5 Å². The molecule has 1 aliphatic heterocycles. The molecule has 2 N–H and O–H groups in total. The van der Waals surface area contributed by atoms with Gasteiger partial charge in [-0.2, -0.15) is 0 Å². The number of nitrogens with zero attached hydrogens (tertiary/aromatic N) is 1. The molecule has 1 amide bonds. The van der Waals surface area contributed by atoms with Crippen LogP contribution in [0.15, 0.2) is 18.2 Å². The maximum Gasteiger partial charge on any atom is 0.268 e. The lowest BCUT2D eigenvalue weighted by atomic mass is 10.1. The minimum Gasteiger partial charge on any atom is -0.478 e. The van der Waals surface area contributed by atoms with Crippen LogP contribution in [0.1, 0.15) is 25.8 Å². The van der Waals surface area contributed by atoms with Gasteiger partial charge < -0.3 is 15.4 Å². The number of hydrogen-bond donors (Lipinski definition) is 1. The standard InChI is InChI=1S/C13H18N2O2/c1-3-11-13(16)15(4-2)10-6-5-9(8-14)7-12(10)17-11/h5-7,11H,3-4,8,14H2,1-2H3. The van der Waals surface area contributed by atoms with Crippen LogP contribution in [0.4, 0.5) is 5.69 Å². The van der Waals surface area contributed by atoms with Gasteiger partial charge >= 0.3 is 0 Å². The zero-order chi connectivity index (χ0) is 12.4. The lowest BCUT2D eigenvalue weighted by Gasteiger charge is -2.33. The predicted octanol–water partition coefficient (Wildman–Crippen LogP) is 1.67. The first kappa shape index (κ1) is 11.9. The molecule has 0 fully saturated rings. The molecule has 4 heteroatoms. The van der Waals surface area contributed by atoms with Crippen molar-refractivity contribution in [1.82, 2.24) is 0 Å². The van der Waals surface area contributed by atoms with Crippen molar-refractivity contribution in [1.29, 1.82) is 0 Å². The van der Waals surface area contributed by atoms with Crippen LogP contribution in [0.25, 0.3) is 0 Å². The SMILES string of the molecule is CCC1Oc2cc(CN)ccc2N(CC)C1=O. The van der Waals surface area contributed by atoms with Crippen LogP contribution in [-0.4, -0.2) is 18.6 Å². The Morgan fingerprint density at radius 3 is 2.76 bits per heavy atom. The molecule has 0 saturated heterocycles. The van der Waals surface area contributed by atoms with Gasteiger partial charge in [0.15, 0.2) is 6.10 Å². The Morgan fingerprint density at radius 2 is 2.18 bits per heavy atom. The Kier molecular flexibility index (Phi) is 3.33. The average molecular weight is 234 g/mol. The minimum atomic E-state index is -0.365. The summed E-state index contributed by atoms with van der Waals surface area (Å²) in [5.41, 5.74) is 7.47. The van der Waals surface area contributed by atoms with Crippen molar-refractivity contribution in [3.8, 4) is 5.75 Å². The number of fused-ring (bicyclic) bond motifs is 1. The summed E-state index contributed by atoms with van der Waals surface area (Å²) in [4.78, 5) is 13.9. The number of hydrogen-bond acceptors (Lipinski definition) is 3. The maximum atomic E-state index is 12.1. The van der Waals surface area contributed by atoms with Crippen LogP contribution < -0.4 is 15.4 Å². The highest BCUT2D eigenvalue weighted by Crippen LogP contribution is 2.35. The molecule has 1 unspecified atom stereocenters. The van der Waals surface area contributed by atoms with E-state index in [9.17, 15) is 4.79 Å².